The quantitative estimate of drug-likeness (QED) is 0.810. The molecule has 148 valence electrons. The van der Waals surface area contributed by atoms with Crippen molar-refractivity contribution in [3.8, 4) is 0 Å². The van der Waals surface area contributed by atoms with Crippen molar-refractivity contribution in [3.05, 3.63) is 40.9 Å². The molecule has 0 saturated carbocycles. The molecule has 0 bridgehead atoms. The van der Waals surface area contributed by atoms with E-state index >= 15 is 0 Å². The lowest BCUT2D eigenvalue weighted by Gasteiger charge is -2.40. The van der Waals surface area contributed by atoms with Gasteiger partial charge in [-0.15, -0.1) is 0 Å². The summed E-state index contributed by atoms with van der Waals surface area (Å²) in [6.07, 6.45) is -0.303. The second-order valence-electron chi connectivity index (χ2n) is 8.78. The average Bonchev–Trinajstić information content (AvgIpc) is 2.90. The van der Waals surface area contributed by atoms with Crippen molar-refractivity contribution < 1.29 is 14.3 Å². The molecule has 3 rings (SSSR count). The van der Waals surface area contributed by atoms with Crippen LogP contribution < -0.4 is 5.56 Å². The van der Waals surface area contributed by atoms with Crippen LogP contribution in [0.3, 0.4) is 0 Å². The van der Waals surface area contributed by atoms with E-state index in [1.165, 1.54) is 10.9 Å². The van der Waals surface area contributed by atoms with Gasteiger partial charge in [-0.05, 0) is 36.7 Å². The monoisotopic (exact) mass is 390 g/mol. The molecule has 4 atom stereocenters. The predicted octanol–water partition coefficient (Wildman–Crippen LogP) is 3.46. The molecule has 0 unspecified atom stereocenters. The molecule has 2 heterocycles. The second kappa shape index (κ2) is 7.13. The summed E-state index contributed by atoms with van der Waals surface area (Å²) in [5.74, 6) is 0. The van der Waals surface area contributed by atoms with Crippen molar-refractivity contribution in [2.45, 2.75) is 76.8 Å². The number of nitrogens with zero attached hydrogens (tertiary/aromatic N) is 2. The minimum absolute atomic E-state index is 0.0197. The van der Waals surface area contributed by atoms with Crippen molar-refractivity contribution in [1.82, 2.24) is 9.55 Å². The molecule has 1 aliphatic rings. The Morgan fingerprint density at radius 1 is 1.30 bits per heavy atom. The molecule has 2 aromatic rings. The Labute approximate surface area is 161 Å². The van der Waals surface area contributed by atoms with Gasteiger partial charge in [0, 0.05) is 0 Å². The largest absolute Gasteiger partial charge is 0.407 e. The third kappa shape index (κ3) is 3.61. The van der Waals surface area contributed by atoms with E-state index in [0.717, 1.165) is 0 Å². The van der Waals surface area contributed by atoms with Crippen LogP contribution in [0.1, 0.15) is 40.3 Å². The first-order valence-electron chi connectivity index (χ1n) is 9.54. The van der Waals surface area contributed by atoms with Crippen LogP contribution in [0.2, 0.25) is 18.1 Å². The number of fused-ring (bicyclic) bond motifs is 1. The highest BCUT2D eigenvalue weighted by molar-refractivity contribution is 6.74. The number of benzene rings is 1. The molecule has 1 N–H and O–H groups in total. The van der Waals surface area contributed by atoms with Gasteiger partial charge in [-0.2, -0.15) is 0 Å². The third-order valence-electron chi connectivity index (χ3n) is 5.92. The van der Waals surface area contributed by atoms with Crippen LogP contribution in [0.15, 0.2) is 35.4 Å². The Hall–Kier alpha value is -1.54. The van der Waals surface area contributed by atoms with E-state index in [2.05, 4.69) is 38.8 Å². The summed E-state index contributed by atoms with van der Waals surface area (Å²) in [6.45, 7) is 12.7. The van der Waals surface area contributed by atoms with E-state index in [0.29, 0.717) is 17.3 Å². The highest BCUT2D eigenvalue weighted by Gasteiger charge is 2.50. The number of aliphatic hydroxyl groups excluding tert-OH is 1. The van der Waals surface area contributed by atoms with Crippen molar-refractivity contribution in [2.24, 2.45) is 0 Å². The Balaban J connectivity index is 2.04. The van der Waals surface area contributed by atoms with Crippen LogP contribution in [-0.2, 0) is 9.16 Å². The van der Waals surface area contributed by atoms with E-state index in [4.69, 9.17) is 9.16 Å². The van der Waals surface area contributed by atoms with Crippen molar-refractivity contribution in [1.29, 1.82) is 0 Å². The Kier molecular flexibility index (Phi) is 5.33. The molecule has 6 nitrogen and oxygen atoms in total. The average molecular weight is 391 g/mol. The predicted molar refractivity (Wildman–Crippen MR) is 108 cm³/mol. The summed E-state index contributed by atoms with van der Waals surface area (Å²) in [4.78, 5) is 17.4. The maximum atomic E-state index is 13.0. The molecule has 0 radical (unpaired) electrons. The number of ether oxygens (including phenoxy) is 1. The minimum Gasteiger partial charge on any atom is -0.407 e. The van der Waals surface area contributed by atoms with Crippen LogP contribution in [0.5, 0.6) is 0 Å². The van der Waals surface area contributed by atoms with Gasteiger partial charge in [0.05, 0.1) is 17.0 Å². The van der Waals surface area contributed by atoms with Crippen LogP contribution in [0, 0.1) is 0 Å². The van der Waals surface area contributed by atoms with Crippen LogP contribution in [0.25, 0.3) is 10.9 Å². The lowest BCUT2D eigenvalue weighted by Crippen LogP contribution is -2.49. The zero-order valence-electron chi connectivity index (χ0n) is 17.0. The highest BCUT2D eigenvalue weighted by atomic mass is 28.4. The van der Waals surface area contributed by atoms with Gasteiger partial charge in [0.1, 0.15) is 18.5 Å². The van der Waals surface area contributed by atoms with Crippen LogP contribution in [-0.4, -0.2) is 41.3 Å². The van der Waals surface area contributed by atoms with E-state index in [-0.39, 0.29) is 16.7 Å². The molecule has 7 heteroatoms. The molecule has 1 aliphatic heterocycles. The molecule has 1 aromatic heterocycles. The SMILES string of the molecule is CC[C@H]1O[C@@H](n2cnc3ccccc3c2=O)[C@H](O[Si](C)(C)C(C)(C)C)[C@@H]1O. The molecule has 1 fully saturated rings. The zero-order valence-corrected chi connectivity index (χ0v) is 18.0. The maximum Gasteiger partial charge on any atom is 0.263 e. The van der Waals surface area contributed by atoms with Crippen LogP contribution >= 0.6 is 0 Å². The number of rotatable bonds is 4. The van der Waals surface area contributed by atoms with Gasteiger partial charge in [0.2, 0.25) is 0 Å². The second-order valence-corrected chi connectivity index (χ2v) is 13.5. The van der Waals surface area contributed by atoms with E-state index in [1.54, 1.807) is 6.07 Å². The fourth-order valence-corrected chi connectivity index (χ4v) is 4.48. The van der Waals surface area contributed by atoms with Crippen molar-refractivity contribution >= 4 is 19.2 Å². The van der Waals surface area contributed by atoms with E-state index < -0.39 is 26.8 Å². The molecule has 0 amide bonds. The highest BCUT2D eigenvalue weighted by Crippen LogP contribution is 2.42. The summed E-state index contributed by atoms with van der Waals surface area (Å²) >= 11 is 0. The third-order valence-corrected chi connectivity index (χ3v) is 10.4. The van der Waals surface area contributed by atoms with Gasteiger partial charge in [-0.25, -0.2) is 4.98 Å². The Bertz CT molecular complexity index is 874. The van der Waals surface area contributed by atoms with Crippen molar-refractivity contribution in [3.63, 3.8) is 0 Å². The number of aromatic nitrogens is 2. The van der Waals surface area contributed by atoms with Gasteiger partial charge < -0.3 is 14.3 Å². The van der Waals surface area contributed by atoms with E-state index in [9.17, 15) is 9.90 Å². The van der Waals surface area contributed by atoms with Gasteiger partial charge >= 0.3 is 0 Å². The molecule has 0 spiro atoms. The molecule has 1 aromatic carbocycles. The molecule has 27 heavy (non-hydrogen) atoms. The smallest absolute Gasteiger partial charge is 0.263 e. The molecular weight excluding hydrogens is 360 g/mol. The van der Waals surface area contributed by atoms with E-state index in [1.807, 2.05) is 25.1 Å². The first kappa shape index (κ1) is 20.2. The fourth-order valence-electron chi connectivity index (χ4n) is 3.19. The summed E-state index contributed by atoms with van der Waals surface area (Å²) < 4.78 is 14.1. The topological polar surface area (TPSA) is 73.6 Å². The summed E-state index contributed by atoms with van der Waals surface area (Å²) in [5.41, 5.74) is 0.463. The summed E-state index contributed by atoms with van der Waals surface area (Å²) in [7, 11) is -2.18. The van der Waals surface area contributed by atoms with Crippen LogP contribution in [0.4, 0.5) is 0 Å². The van der Waals surface area contributed by atoms with Crippen molar-refractivity contribution in [2.75, 3.05) is 0 Å². The Morgan fingerprint density at radius 3 is 2.59 bits per heavy atom. The number of para-hydroxylation sites is 1. The number of aliphatic hydroxyl groups is 1. The van der Waals surface area contributed by atoms with Gasteiger partial charge in [-0.3, -0.25) is 9.36 Å². The maximum absolute atomic E-state index is 13.0. The lowest BCUT2D eigenvalue weighted by atomic mass is 10.1. The first-order chi connectivity index (χ1) is 12.6. The molecule has 0 aliphatic carbocycles. The number of hydrogen-bond acceptors (Lipinski definition) is 5. The Morgan fingerprint density at radius 2 is 1.96 bits per heavy atom. The van der Waals surface area contributed by atoms with Gasteiger partial charge in [0.15, 0.2) is 14.5 Å². The fraction of sp³-hybridized carbons (Fsp3) is 0.600. The normalized spacial score (nSPS) is 26.6. The minimum atomic E-state index is -2.18. The molecule has 1 saturated heterocycles. The summed E-state index contributed by atoms with van der Waals surface area (Å²) in [5, 5.41) is 11.4. The van der Waals surface area contributed by atoms with Gasteiger partial charge in [0.25, 0.3) is 5.56 Å². The first-order valence-corrected chi connectivity index (χ1v) is 12.4. The standard InChI is InChI=1S/C20H30N2O4Si/c1-7-15-16(23)17(26-27(5,6)20(2,3)4)19(25-15)22-12-21-14-11-9-8-10-13(14)18(22)24/h8-12,15-17,19,23H,7H2,1-6H3/t15-,16-,17-,19-/m1/s1. The lowest BCUT2D eigenvalue weighted by molar-refractivity contribution is -0.0368. The molecular formula is C20H30N2O4Si. The van der Waals surface area contributed by atoms with Gasteiger partial charge in [-0.1, -0.05) is 39.8 Å². The number of hydrogen-bond donors (Lipinski definition) is 1. The zero-order chi connectivity index (χ0) is 20.0. The summed E-state index contributed by atoms with van der Waals surface area (Å²) in [6, 6.07) is 7.24.